The van der Waals surface area contributed by atoms with Gasteiger partial charge in [-0.05, 0) is 104 Å². The maximum atomic E-state index is 14.7. The molecule has 6 atom stereocenters. The van der Waals surface area contributed by atoms with E-state index >= 15 is 0 Å². The van der Waals surface area contributed by atoms with E-state index in [1.54, 1.807) is 53.4 Å². The van der Waals surface area contributed by atoms with Gasteiger partial charge >= 0.3 is 6.09 Å². The van der Waals surface area contributed by atoms with Gasteiger partial charge in [0.1, 0.15) is 35.6 Å². The van der Waals surface area contributed by atoms with Gasteiger partial charge in [0, 0.05) is 61.8 Å². The molecule has 372 valence electrons. The first-order chi connectivity index (χ1) is 33.6. The first-order valence-electron chi connectivity index (χ1n) is 23.7. The van der Waals surface area contributed by atoms with Crippen molar-refractivity contribution in [3.05, 3.63) is 106 Å². The van der Waals surface area contributed by atoms with Gasteiger partial charge in [0.2, 0.25) is 11.7 Å². The van der Waals surface area contributed by atoms with Crippen LogP contribution in [-0.4, -0.2) is 115 Å². The first-order valence-corrected chi connectivity index (χ1v) is 23.7. The summed E-state index contributed by atoms with van der Waals surface area (Å²) in [5.74, 6) is -1.42. The van der Waals surface area contributed by atoms with Crippen LogP contribution in [0.15, 0.2) is 90.1 Å². The maximum Gasteiger partial charge on any atom is 0.417 e. The molecule has 2 amide bonds. The minimum Gasteiger partial charge on any atom is -0.497 e. The van der Waals surface area contributed by atoms with Gasteiger partial charge in [-0.3, -0.25) is 20.2 Å². The SMILES string of the molecule is C=CCO[C@@]12Oc3ccc(OC(=O)Nc4ccc(OC)cc4OC)cc3[C@H]3[C@H](CCCCO)[C@@H](CCCCO)C=C(C(=NOCc4ccc([N+](=O)[O-])cc4)C[C@@H]1N(CCOCCO)C(=O)C1CC1)[C@H]32. The number of nitrogens with zero attached hydrogens (tertiary/aromatic N) is 3. The van der Waals surface area contributed by atoms with Gasteiger partial charge in [0.25, 0.3) is 5.69 Å². The zero-order valence-electron chi connectivity index (χ0n) is 39.3. The average molecular weight is 957 g/mol. The predicted molar refractivity (Wildman–Crippen MR) is 254 cm³/mol. The molecule has 4 aliphatic rings. The predicted octanol–water partition coefficient (Wildman–Crippen LogP) is 7.30. The van der Waals surface area contributed by atoms with Gasteiger partial charge in [-0.1, -0.05) is 30.1 Å². The number of benzene rings is 3. The fraction of sp³-hybridized carbons (Fsp3) is 0.510. The fourth-order valence-electron chi connectivity index (χ4n) is 10.1. The number of hydrogen-bond acceptors (Lipinski definition) is 15. The number of fused-ring (bicyclic) bond motifs is 2. The molecule has 1 aliphatic heterocycles. The minimum absolute atomic E-state index is 0.000425. The lowest BCUT2D eigenvalue weighted by Gasteiger charge is -2.60. The zero-order chi connectivity index (χ0) is 48.9. The van der Waals surface area contributed by atoms with E-state index in [4.69, 9.17) is 38.4 Å². The number of anilines is 1. The van der Waals surface area contributed by atoms with Crippen molar-refractivity contribution in [2.75, 3.05) is 65.7 Å². The van der Waals surface area contributed by atoms with Gasteiger partial charge < -0.3 is 53.5 Å². The molecular formula is C51H64N4O14. The third kappa shape index (κ3) is 11.9. The number of aliphatic hydroxyl groups excluding tert-OH is 3. The highest BCUT2D eigenvalue weighted by Crippen LogP contribution is 2.62. The van der Waals surface area contributed by atoms with E-state index in [0.717, 1.165) is 30.4 Å². The summed E-state index contributed by atoms with van der Waals surface area (Å²) in [6, 6.07) is 15.5. The maximum absolute atomic E-state index is 14.7. The molecule has 7 rings (SSSR count). The van der Waals surface area contributed by atoms with E-state index in [0.29, 0.717) is 66.3 Å². The number of nitrogens with one attached hydrogen (secondary N) is 1. The first kappa shape index (κ1) is 50.8. The molecule has 0 unspecified atom stereocenters. The molecule has 3 aromatic carbocycles. The van der Waals surface area contributed by atoms with Gasteiger partial charge in [-0.25, -0.2) is 4.79 Å². The molecule has 3 aliphatic carbocycles. The number of hydrogen-bond donors (Lipinski definition) is 4. The van der Waals surface area contributed by atoms with Crippen LogP contribution >= 0.6 is 0 Å². The highest BCUT2D eigenvalue weighted by atomic mass is 16.7. The third-order valence-corrected chi connectivity index (χ3v) is 13.4. The molecule has 2 fully saturated rings. The summed E-state index contributed by atoms with van der Waals surface area (Å²) >= 11 is 0. The summed E-state index contributed by atoms with van der Waals surface area (Å²) < 4.78 is 37.0. The lowest BCUT2D eigenvalue weighted by atomic mass is 9.55. The molecule has 18 nitrogen and oxygen atoms in total. The molecule has 3 aromatic rings. The van der Waals surface area contributed by atoms with Gasteiger partial charge in [-0.15, -0.1) is 6.58 Å². The van der Waals surface area contributed by atoms with Crippen LogP contribution in [0.2, 0.25) is 0 Å². The number of allylic oxidation sites excluding steroid dienone is 1. The topological polar surface area (TPSA) is 230 Å². The van der Waals surface area contributed by atoms with Crippen molar-refractivity contribution in [1.82, 2.24) is 4.90 Å². The molecule has 0 aromatic heterocycles. The second-order valence-corrected chi connectivity index (χ2v) is 17.7. The average Bonchev–Trinajstić information content (AvgIpc) is 4.21. The quantitative estimate of drug-likeness (QED) is 0.0268. The van der Waals surface area contributed by atoms with Crippen molar-refractivity contribution in [3.8, 4) is 23.0 Å². The standard InChI is InChI=1S/C51H64N4O14/c1-4-25-66-51-46(54(21-26-65-27-24-58)49(59)34-13-14-34)31-43(53-67-32-33-11-15-36(16-12-33)55(61)62)40-28-35(9-5-7-22-56)39(10-6-8-23-57)47(48(40)51)41-29-38(18-20-44(41)69-51)68-50(60)52-42-19-17-37(63-2)30-45(42)64-3/h4,11-12,15-20,28-30,34-35,39,46-48,56-58H,1,5-10,13-14,21-27,31-32H2,2-3H3,(H,52,60)/t35-,39+,46-,47+,48+,51+/m0/s1. The Balaban J connectivity index is 1.38. The van der Waals surface area contributed by atoms with Crippen LogP contribution < -0.4 is 24.3 Å². The van der Waals surface area contributed by atoms with Gasteiger partial charge in [-0.2, -0.15) is 0 Å². The number of non-ortho nitro benzene ring substituents is 1. The Morgan fingerprint density at radius 3 is 2.39 bits per heavy atom. The van der Waals surface area contributed by atoms with E-state index in [2.05, 4.69) is 18.0 Å². The second-order valence-electron chi connectivity index (χ2n) is 17.7. The number of unbranched alkanes of at least 4 members (excludes halogenated alkanes) is 2. The number of rotatable bonds is 26. The van der Waals surface area contributed by atoms with E-state index in [1.807, 2.05) is 6.07 Å². The second kappa shape index (κ2) is 24.0. The highest BCUT2D eigenvalue weighted by Gasteiger charge is 2.66. The lowest BCUT2D eigenvalue weighted by Crippen LogP contribution is -2.70. The summed E-state index contributed by atoms with van der Waals surface area (Å²) in [5, 5.41) is 48.6. The smallest absolute Gasteiger partial charge is 0.417 e. The van der Waals surface area contributed by atoms with Crippen LogP contribution in [0.5, 0.6) is 23.0 Å². The fourth-order valence-corrected chi connectivity index (χ4v) is 10.1. The van der Waals surface area contributed by atoms with E-state index in [9.17, 15) is 35.0 Å². The normalized spacial score (nSPS) is 22.8. The number of ether oxygens (including phenoxy) is 6. The summed E-state index contributed by atoms with van der Waals surface area (Å²) in [6.45, 7) is 4.29. The number of nitro benzene ring substituents is 1. The number of oxime groups is 1. The molecule has 2 saturated carbocycles. The molecule has 69 heavy (non-hydrogen) atoms. The summed E-state index contributed by atoms with van der Waals surface area (Å²) in [5.41, 5.74) is 3.08. The van der Waals surface area contributed by atoms with Crippen LogP contribution in [0.1, 0.15) is 74.8 Å². The van der Waals surface area contributed by atoms with Crippen LogP contribution in [0, 0.1) is 33.8 Å². The van der Waals surface area contributed by atoms with Crippen molar-refractivity contribution in [3.63, 3.8) is 0 Å². The van der Waals surface area contributed by atoms with Crippen LogP contribution in [0.25, 0.3) is 0 Å². The van der Waals surface area contributed by atoms with Gasteiger partial charge in [0.05, 0.1) is 62.9 Å². The number of aliphatic hydroxyl groups is 3. The molecule has 0 saturated heterocycles. The van der Waals surface area contributed by atoms with Crippen molar-refractivity contribution in [2.24, 2.45) is 28.8 Å². The van der Waals surface area contributed by atoms with Crippen LogP contribution in [0.3, 0.4) is 0 Å². The zero-order valence-corrected chi connectivity index (χ0v) is 39.3. The molecule has 0 radical (unpaired) electrons. The molecular weight excluding hydrogens is 893 g/mol. The van der Waals surface area contributed by atoms with E-state index in [-0.39, 0.29) is 94.3 Å². The summed E-state index contributed by atoms with van der Waals surface area (Å²) in [6.07, 6.45) is 8.67. The molecule has 0 bridgehead atoms. The number of carbonyl (C=O) groups is 2. The Bertz CT molecular complexity index is 2320. The van der Waals surface area contributed by atoms with Crippen LogP contribution in [-0.2, 0) is 25.7 Å². The molecule has 0 spiro atoms. The van der Waals surface area contributed by atoms with E-state index in [1.165, 1.54) is 26.4 Å². The Labute approximate surface area is 401 Å². The number of carbonyl (C=O) groups excluding carboxylic acids is 2. The van der Waals surface area contributed by atoms with E-state index < -0.39 is 34.7 Å². The summed E-state index contributed by atoms with van der Waals surface area (Å²) in [7, 11) is 3.02. The Hall–Kier alpha value is -6.05. The molecule has 18 heteroatoms. The minimum atomic E-state index is -1.54. The van der Waals surface area contributed by atoms with Crippen molar-refractivity contribution in [1.29, 1.82) is 0 Å². The third-order valence-electron chi connectivity index (χ3n) is 13.4. The number of nitro groups is 1. The Kier molecular flexibility index (Phi) is 17.7. The monoisotopic (exact) mass is 956 g/mol. The lowest BCUT2D eigenvalue weighted by molar-refractivity contribution is -0.384. The molecule has 1 heterocycles. The largest absolute Gasteiger partial charge is 0.497 e. The Morgan fingerprint density at radius 1 is 0.957 bits per heavy atom. The highest BCUT2D eigenvalue weighted by molar-refractivity contribution is 6.03. The van der Waals surface area contributed by atoms with Crippen molar-refractivity contribution >= 4 is 29.1 Å². The summed E-state index contributed by atoms with van der Waals surface area (Å²) in [4.78, 5) is 47.1. The van der Waals surface area contributed by atoms with Crippen molar-refractivity contribution < 1.29 is 63.1 Å². The Morgan fingerprint density at radius 2 is 1.71 bits per heavy atom. The van der Waals surface area contributed by atoms with Gasteiger partial charge in [0.15, 0.2) is 0 Å². The van der Waals surface area contributed by atoms with Crippen LogP contribution in [0.4, 0.5) is 16.2 Å². The van der Waals surface area contributed by atoms with Crippen molar-refractivity contribution in [2.45, 2.75) is 82.1 Å². The molecule has 4 N–H and O–H groups in total. The number of methoxy groups -OCH3 is 2. The number of amides is 2.